The molecule has 0 unspecified atom stereocenters. The molecule has 0 aromatic rings. The normalized spacial score (nSPS) is 12.0. The van der Waals surface area contributed by atoms with Crippen molar-refractivity contribution in [3.05, 3.63) is 11.7 Å². The topological polar surface area (TPSA) is 36.9 Å². The number of rotatable bonds is 20. The zero-order valence-corrected chi connectivity index (χ0v) is 17.9. The summed E-state index contributed by atoms with van der Waals surface area (Å²) >= 11 is 0. The molecule has 0 aliphatic carbocycles. The molecule has 4 nitrogen and oxygen atoms in total. The van der Waals surface area contributed by atoms with E-state index in [0.717, 1.165) is 44.5 Å². The Labute approximate surface area is 162 Å². The Kier molecular flexibility index (Phi) is 19.7. The first-order valence-electron chi connectivity index (χ1n) is 11.0. The summed E-state index contributed by atoms with van der Waals surface area (Å²) in [6.07, 6.45) is 14.2. The fraction of sp³-hybridized carbons (Fsp3) is 0.909. The molecule has 0 fully saturated rings. The molecule has 0 saturated heterocycles. The van der Waals surface area contributed by atoms with Gasteiger partial charge in [-0.2, -0.15) is 0 Å². The van der Waals surface area contributed by atoms with E-state index in [9.17, 15) is 0 Å². The molecule has 0 aromatic heterocycles. The van der Waals surface area contributed by atoms with Crippen molar-refractivity contribution in [2.24, 2.45) is 0 Å². The van der Waals surface area contributed by atoms with Crippen LogP contribution in [0.5, 0.6) is 0 Å². The highest BCUT2D eigenvalue weighted by Gasteiger charge is 2.11. The summed E-state index contributed by atoms with van der Waals surface area (Å²) in [5.74, 6) is 1.33. The second kappa shape index (κ2) is 20.4. The van der Waals surface area contributed by atoms with Crippen molar-refractivity contribution in [1.29, 1.82) is 0 Å². The Bertz CT molecular complexity index is 315. The highest BCUT2D eigenvalue weighted by Crippen LogP contribution is 2.17. The number of hydrogen-bond acceptors (Lipinski definition) is 4. The average Bonchev–Trinajstić information content (AvgIpc) is 2.65. The lowest BCUT2D eigenvalue weighted by Gasteiger charge is -2.17. The molecule has 0 amide bonds. The van der Waals surface area contributed by atoms with E-state index in [1.54, 1.807) is 0 Å². The van der Waals surface area contributed by atoms with E-state index in [4.69, 9.17) is 18.9 Å². The monoisotopic (exact) mass is 372 g/mol. The van der Waals surface area contributed by atoms with E-state index < -0.39 is 0 Å². The molecule has 0 aromatic carbocycles. The van der Waals surface area contributed by atoms with Crippen molar-refractivity contribution in [3.8, 4) is 0 Å². The second-order valence-electron chi connectivity index (χ2n) is 6.80. The molecule has 0 radical (unpaired) electrons. The first-order valence-corrected chi connectivity index (χ1v) is 11.0. The maximum absolute atomic E-state index is 5.82. The predicted octanol–water partition coefficient (Wildman–Crippen LogP) is 6.94. The van der Waals surface area contributed by atoms with Gasteiger partial charge in [-0.3, -0.25) is 0 Å². The van der Waals surface area contributed by atoms with E-state index in [1.807, 2.05) is 0 Å². The molecule has 0 bridgehead atoms. The molecule has 0 aliphatic rings. The number of hydrogen-bond donors (Lipinski definition) is 0. The zero-order valence-electron chi connectivity index (χ0n) is 17.9. The van der Waals surface area contributed by atoms with Crippen LogP contribution in [0, 0.1) is 0 Å². The third kappa shape index (κ3) is 15.4. The van der Waals surface area contributed by atoms with Gasteiger partial charge >= 0.3 is 5.95 Å². The van der Waals surface area contributed by atoms with Gasteiger partial charge in [0.15, 0.2) is 12.6 Å². The molecule has 4 heteroatoms. The van der Waals surface area contributed by atoms with Gasteiger partial charge in [-0.1, -0.05) is 72.6 Å². The highest BCUT2D eigenvalue weighted by atomic mass is 16.7. The van der Waals surface area contributed by atoms with Gasteiger partial charge in [-0.05, 0) is 25.7 Å². The highest BCUT2D eigenvalue weighted by molar-refractivity contribution is 4.95. The van der Waals surface area contributed by atoms with Gasteiger partial charge < -0.3 is 18.9 Å². The Morgan fingerprint density at radius 2 is 1.15 bits per heavy atom. The van der Waals surface area contributed by atoms with Crippen LogP contribution in [-0.4, -0.2) is 26.6 Å². The van der Waals surface area contributed by atoms with Gasteiger partial charge in [0.05, 0.1) is 19.8 Å². The van der Waals surface area contributed by atoms with Crippen LogP contribution in [0.4, 0.5) is 0 Å². The number of ether oxygens (including phenoxy) is 4. The minimum Gasteiger partial charge on any atom is -0.491 e. The Morgan fingerprint density at radius 1 is 0.538 bits per heavy atom. The van der Waals surface area contributed by atoms with Crippen molar-refractivity contribution in [2.75, 3.05) is 26.6 Å². The fourth-order valence-electron chi connectivity index (χ4n) is 2.58. The second-order valence-corrected chi connectivity index (χ2v) is 6.80. The fourth-order valence-corrected chi connectivity index (χ4v) is 2.58. The van der Waals surface area contributed by atoms with E-state index in [2.05, 4.69) is 27.7 Å². The lowest BCUT2D eigenvalue weighted by Crippen LogP contribution is -2.10. The van der Waals surface area contributed by atoms with Crippen LogP contribution < -0.4 is 0 Å². The molecule has 0 spiro atoms. The van der Waals surface area contributed by atoms with Crippen LogP contribution >= 0.6 is 0 Å². The molecular formula is C22H44O4. The standard InChI is InChI=1S/C22H44O4/c1-5-9-10-11-12-13-14-15-19-23-20-26-22(25-18-8-4)21(16-6-2)24-17-7-3/h5-20H2,1-4H3/b22-21-. The zero-order chi connectivity index (χ0) is 19.3. The summed E-state index contributed by atoms with van der Waals surface area (Å²) in [6.45, 7) is 10.9. The Morgan fingerprint density at radius 3 is 1.77 bits per heavy atom. The summed E-state index contributed by atoms with van der Waals surface area (Å²) < 4.78 is 22.9. The number of allylic oxidation sites excluding steroid dienone is 1. The van der Waals surface area contributed by atoms with Crippen LogP contribution in [0.15, 0.2) is 11.7 Å². The summed E-state index contributed by atoms with van der Waals surface area (Å²) in [7, 11) is 0. The lowest BCUT2D eigenvalue weighted by molar-refractivity contribution is -0.0840. The SMILES string of the molecule is CCCCCCCCCCOCO/C(OCCC)=C(/CCC)OCCC. The van der Waals surface area contributed by atoms with E-state index in [1.165, 1.54) is 44.9 Å². The largest absolute Gasteiger partial charge is 0.491 e. The van der Waals surface area contributed by atoms with Gasteiger partial charge in [-0.25, -0.2) is 0 Å². The van der Waals surface area contributed by atoms with Crippen LogP contribution in [0.3, 0.4) is 0 Å². The number of unbranched alkanes of at least 4 members (excludes halogenated alkanes) is 7. The lowest BCUT2D eigenvalue weighted by atomic mass is 10.1. The Hall–Kier alpha value is -0.900. The maximum atomic E-state index is 5.82. The summed E-state index contributed by atoms with van der Waals surface area (Å²) in [4.78, 5) is 0. The van der Waals surface area contributed by atoms with E-state index >= 15 is 0 Å². The van der Waals surface area contributed by atoms with Gasteiger partial charge in [0.25, 0.3) is 0 Å². The van der Waals surface area contributed by atoms with Crippen LogP contribution in [0.25, 0.3) is 0 Å². The Balaban J connectivity index is 3.98. The van der Waals surface area contributed by atoms with Crippen molar-refractivity contribution >= 4 is 0 Å². The summed E-state index contributed by atoms with van der Waals surface area (Å²) in [5.41, 5.74) is 0. The molecule has 0 atom stereocenters. The molecular weight excluding hydrogens is 328 g/mol. The van der Waals surface area contributed by atoms with Crippen molar-refractivity contribution in [3.63, 3.8) is 0 Å². The quantitative estimate of drug-likeness (QED) is 0.132. The van der Waals surface area contributed by atoms with Crippen LogP contribution in [0.2, 0.25) is 0 Å². The molecule has 0 aliphatic heterocycles. The maximum Gasteiger partial charge on any atom is 0.321 e. The third-order valence-electron chi connectivity index (χ3n) is 4.04. The van der Waals surface area contributed by atoms with E-state index in [-0.39, 0.29) is 6.79 Å². The third-order valence-corrected chi connectivity index (χ3v) is 4.04. The van der Waals surface area contributed by atoms with Gasteiger partial charge in [0, 0.05) is 6.42 Å². The van der Waals surface area contributed by atoms with Gasteiger partial charge in [-0.15, -0.1) is 0 Å². The smallest absolute Gasteiger partial charge is 0.321 e. The first-order chi connectivity index (χ1) is 12.8. The van der Waals surface area contributed by atoms with Crippen LogP contribution in [0.1, 0.15) is 105 Å². The van der Waals surface area contributed by atoms with Crippen molar-refractivity contribution in [2.45, 2.75) is 105 Å². The predicted molar refractivity (Wildman–Crippen MR) is 109 cm³/mol. The summed E-state index contributed by atoms with van der Waals surface area (Å²) in [5, 5.41) is 0. The average molecular weight is 373 g/mol. The van der Waals surface area contributed by atoms with Gasteiger partial charge in [0.2, 0.25) is 0 Å². The summed E-state index contributed by atoms with van der Waals surface area (Å²) in [6, 6.07) is 0. The minimum atomic E-state index is 0.234. The van der Waals surface area contributed by atoms with Crippen LogP contribution in [-0.2, 0) is 18.9 Å². The molecule has 26 heavy (non-hydrogen) atoms. The molecule has 156 valence electrons. The first kappa shape index (κ1) is 25.1. The molecule has 0 rings (SSSR count). The van der Waals surface area contributed by atoms with Gasteiger partial charge in [0.1, 0.15) is 0 Å². The molecule has 0 heterocycles. The molecule has 0 saturated carbocycles. The van der Waals surface area contributed by atoms with E-state index in [0.29, 0.717) is 19.2 Å². The minimum absolute atomic E-state index is 0.234. The van der Waals surface area contributed by atoms with Crippen molar-refractivity contribution < 1.29 is 18.9 Å². The molecule has 0 N–H and O–H groups in total. The van der Waals surface area contributed by atoms with Crippen molar-refractivity contribution in [1.82, 2.24) is 0 Å².